The first kappa shape index (κ1) is 17.7. The van der Waals surface area contributed by atoms with Crippen molar-refractivity contribution < 1.29 is 18.0 Å². The number of sulfone groups is 1. The lowest BCUT2D eigenvalue weighted by atomic mass is 9.95. The largest absolute Gasteiger partial charge is 0.352 e. The number of carbonyl (C=O) groups excluding carboxylic acids is 2. The summed E-state index contributed by atoms with van der Waals surface area (Å²) in [4.78, 5) is 25.4. The summed E-state index contributed by atoms with van der Waals surface area (Å²) in [5, 5.41) is 2.90. The molecule has 1 aromatic rings. The van der Waals surface area contributed by atoms with Crippen molar-refractivity contribution in [1.29, 1.82) is 0 Å². The van der Waals surface area contributed by atoms with Crippen LogP contribution >= 0.6 is 11.6 Å². The van der Waals surface area contributed by atoms with Crippen LogP contribution in [0.5, 0.6) is 0 Å². The molecular weight excluding hydrogens is 340 g/mol. The summed E-state index contributed by atoms with van der Waals surface area (Å²) in [6.07, 6.45) is 1.95. The van der Waals surface area contributed by atoms with Gasteiger partial charge in [-0.3, -0.25) is 9.59 Å². The van der Waals surface area contributed by atoms with Gasteiger partial charge >= 0.3 is 0 Å². The maximum atomic E-state index is 12.1. The van der Waals surface area contributed by atoms with Gasteiger partial charge in [-0.2, -0.15) is 0 Å². The van der Waals surface area contributed by atoms with Crippen LogP contribution in [-0.2, 0) is 26.0 Å². The zero-order valence-electron chi connectivity index (χ0n) is 13.0. The molecule has 1 unspecified atom stereocenters. The first-order valence-electron chi connectivity index (χ1n) is 7.18. The van der Waals surface area contributed by atoms with Crippen LogP contribution in [0.1, 0.15) is 18.4 Å². The number of halogens is 1. The van der Waals surface area contributed by atoms with E-state index in [-0.39, 0.29) is 40.6 Å². The number of hydrogen-bond donors (Lipinski definition) is 1. The number of piperidine rings is 1. The van der Waals surface area contributed by atoms with Gasteiger partial charge in [0.25, 0.3) is 0 Å². The summed E-state index contributed by atoms with van der Waals surface area (Å²) in [5.41, 5.74) is 0.704. The number of hydrogen-bond acceptors (Lipinski definition) is 4. The van der Waals surface area contributed by atoms with E-state index in [0.717, 1.165) is 6.26 Å². The fraction of sp³-hybridized carbons (Fsp3) is 0.467. The fourth-order valence-electron chi connectivity index (χ4n) is 2.46. The van der Waals surface area contributed by atoms with E-state index in [1.807, 2.05) is 0 Å². The third-order valence-electron chi connectivity index (χ3n) is 3.89. The Morgan fingerprint density at radius 2 is 2.13 bits per heavy atom. The molecule has 0 aromatic heterocycles. The van der Waals surface area contributed by atoms with Crippen LogP contribution in [0.2, 0.25) is 5.02 Å². The van der Waals surface area contributed by atoms with Gasteiger partial charge in [0.05, 0.1) is 9.92 Å². The van der Waals surface area contributed by atoms with Crippen LogP contribution < -0.4 is 5.32 Å². The quantitative estimate of drug-likeness (QED) is 0.877. The maximum absolute atomic E-state index is 12.1. The van der Waals surface area contributed by atoms with Gasteiger partial charge in [0.1, 0.15) is 0 Å². The lowest BCUT2D eigenvalue weighted by Gasteiger charge is -2.27. The second-order valence-electron chi connectivity index (χ2n) is 5.76. The van der Waals surface area contributed by atoms with Crippen molar-refractivity contribution in [1.82, 2.24) is 10.2 Å². The molecule has 0 radical (unpaired) electrons. The number of nitrogens with one attached hydrogen (secondary N) is 1. The van der Waals surface area contributed by atoms with E-state index in [1.165, 1.54) is 12.1 Å². The van der Waals surface area contributed by atoms with Crippen LogP contribution in [-0.4, -0.2) is 45.0 Å². The minimum absolute atomic E-state index is 0.0306. The van der Waals surface area contributed by atoms with Crippen LogP contribution in [0.3, 0.4) is 0 Å². The highest BCUT2D eigenvalue weighted by Crippen LogP contribution is 2.23. The summed E-state index contributed by atoms with van der Waals surface area (Å²) in [5.74, 6) is -0.517. The molecule has 1 aromatic carbocycles. The molecule has 8 heteroatoms. The van der Waals surface area contributed by atoms with E-state index in [4.69, 9.17) is 11.6 Å². The lowest BCUT2D eigenvalue weighted by Crippen LogP contribution is -2.41. The van der Waals surface area contributed by atoms with Gasteiger partial charge < -0.3 is 10.2 Å². The van der Waals surface area contributed by atoms with Crippen molar-refractivity contribution in [2.45, 2.75) is 24.3 Å². The molecular formula is C15H19ClN2O4S. The highest BCUT2D eigenvalue weighted by Gasteiger charge is 2.28. The van der Waals surface area contributed by atoms with Gasteiger partial charge in [0.15, 0.2) is 9.84 Å². The molecule has 1 fully saturated rings. The van der Waals surface area contributed by atoms with Crippen molar-refractivity contribution in [2.75, 3.05) is 19.8 Å². The predicted octanol–water partition coefficient (Wildman–Crippen LogP) is 1.23. The van der Waals surface area contributed by atoms with Gasteiger partial charge in [-0.25, -0.2) is 8.42 Å². The summed E-state index contributed by atoms with van der Waals surface area (Å²) in [7, 11) is -1.65. The monoisotopic (exact) mass is 358 g/mol. The molecule has 0 bridgehead atoms. The molecule has 1 atom stereocenters. The fourth-order valence-corrected chi connectivity index (χ4v) is 3.81. The van der Waals surface area contributed by atoms with E-state index in [0.29, 0.717) is 18.5 Å². The van der Waals surface area contributed by atoms with E-state index in [2.05, 4.69) is 5.32 Å². The summed E-state index contributed by atoms with van der Waals surface area (Å²) in [6.45, 7) is 0.814. The number of nitrogens with zero attached hydrogens (tertiary/aromatic N) is 1. The number of likely N-dealkylation sites (tertiary alicyclic amines) is 1. The Labute approximate surface area is 140 Å². The molecule has 6 nitrogen and oxygen atoms in total. The highest BCUT2D eigenvalue weighted by atomic mass is 35.5. The van der Waals surface area contributed by atoms with E-state index in [9.17, 15) is 18.0 Å². The molecule has 1 saturated heterocycles. The van der Waals surface area contributed by atoms with Crippen molar-refractivity contribution in [3.63, 3.8) is 0 Å². The second kappa shape index (κ2) is 6.88. The van der Waals surface area contributed by atoms with Gasteiger partial charge in [0, 0.05) is 38.7 Å². The molecule has 1 aliphatic heterocycles. The predicted molar refractivity (Wildman–Crippen MR) is 86.8 cm³/mol. The van der Waals surface area contributed by atoms with Gasteiger partial charge in [-0.15, -0.1) is 0 Å². The molecule has 2 amide bonds. The molecule has 0 saturated carbocycles. The van der Waals surface area contributed by atoms with Crippen molar-refractivity contribution in [3.05, 3.63) is 28.8 Å². The van der Waals surface area contributed by atoms with E-state index >= 15 is 0 Å². The number of amides is 2. The topological polar surface area (TPSA) is 83.6 Å². The molecule has 1 N–H and O–H groups in total. The Kier molecular flexibility index (Phi) is 5.31. The van der Waals surface area contributed by atoms with Crippen molar-refractivity contribution in [3.8, 4) is 0 Å². The number of rotatable bonds is 4. The average Bonchev–Trinajstić information content (AvgIpc) is 2.46. The van der Waals surface area contributed by atoms with Gasteiger partial charge in [0.2, 0.25) is 11.8 Å². The molecule has 1 aliphatic rings. The van der Waals surface area contributed by atoms with Crippen LogP contribution in [0.4, 0.5) is 0 Å². The standard InChI is InChI=1S/C15H19ClN2O4S/c1-18-6-5-11(8-14(18)19)15(20)17-9-10-3-4-13(12(16)7-10)23(2,21)22/h3-4,7,11H,5-6,8-9H2,1-2H3,(H,17,20). The summed E-state index contributed by atoms with van der Waals surface area (Å²) in [6, 6.07) is 4.57. The normalized spacial score (nSPS) is 18.8. The third-order valence-corrected chi connectivity index (χ3v) is 5.47. The number of benzene rings is 1. The Balaban J connectivity index is 1.97. The van der Waals surface area contributed by atoms with E-state index < -0.39 is 9.84 Å². The first-order chi connectivity index (χ1) is 10.7. The zero-order valence-corrected chi connectivity index (χ0v) is 14.6. The summed E-state index contributed by atoms with van der Waals surface area (Å²) >= 11 is 5.97. The summed E-state index contributed by atoms with van der Waals surface area (Å²) < 4.78 is 23.0. The minimum Gasteiger partial charge on any atom is -0.352 e. The molecule has 126 valence electrons. The Bertz CT molecular complexity index is 733. The zero-order chi connectivity index (χ0) is 17.2. The van der Waals surface area contributed by atoms with Crippen molar-refractivity contribution in [2.24, 2.45) is 5.92 Å². The average molecular weight is 359 g/mol. The Hall–Kier alpha value is -1.60. The molecule has 0 spiro atoms. The SMILES string of the molecule is CN1CCC(C(=O)NCc2ccc(S(C)(=O)=O)c(Cl)c2)CC1=O. The Morgan fingerprint density at radius 1 is 1.43 bits per heavy atom. The molecule has 23 heavy (non-hydrogen) atoms. The minimum atomic E-state index is -3.37. The van der Waals surface area contributed by atoms with Crippen LogP contribution in [0, 0.1) is 5.92 Å². The van der Waals surface area contributed by atoms with Crippen LogP contribution in [0.25, 0.3) is 0 Å². The van der Waals surface area contributed by atoms with E-state index in [1.54, 1.807) is 18.0 Å². The van der Waals surface area contributed by atoms with Crippen LogP contribution in [0.15, 0.2) is 23.1 Å². The molecule has 2 rings (SSSR count). The maximum Gasteiger partial charge on any atom is 0.223 e. The molecule has 0 aliphatic carbocycles. The number of carbonyl (C=O) groups is 2. The smallest absolute Gasteiger partial charge is 0.223 e. The van der Waals surface area contributed by atoms with Gasteiger partial charge in [-0.1, -0.05) is 17.7 Å². The third kappa shape index (κ3) is 4.45. The molecule has 1 heterocycles. The Morgan fingerprint density at radius 3 is 2.70 bits per heavy atom. The van der Waals surface area contributed by atoms with Gasteiger partial charge in [-0.05, 0) is 24.1 Å². The second-order valence-corrected chi connectivity index (χ2v) is 8.15. The lowest BCUT2D eigenvalue weighted by molar-refractivity contribution is -0.139. The first-order valence-corrected chi connectivity index (χ1v) is 9.45. The highest BCUT2D eigenvalue weighted by molar-refractivity contribution is 7.90. The van der Waals surface area contributed by atoms with Crippen molar-refractivity contribution >= 4 is 33.3 Å².